The van der Waals surface area contributed by atoms with Crippen LogP contribution in [-0.2, 0) is 9.59 Å². The zero-order valence-electron chi connectivity index (χ0n) is 12.0. The summed E-state index contributed by atoms with van der Waals surface area (Å²) in [5.74, 6) is 0.176. The van der Waals surface area contributed by atoms with E-state index < -0.39 is 6.04 Å². The van der Waals surface area contributed by atoms with Crippen molar-refractivity contribution in [2.75, 3.05) is 19.6 Å². The molecule has 1 unspecified atom stereocenters. The second kappa shape index (κ2) is 8.91. The lowest BCUT2D eigenvalue weighted by molar-refractivity contribution is -0.130. The lowest BCUT2D eigenvalue weighted by Crippen LogP contribution is -2.41. The standard InChI is InChI=1S/C14H27N3O2/c1-2-7-12(15)14(19)16-9-6-11-17-10-5-3-4-8-13(17)18/h12H,2-11,15H2,1H3,(H,16,19). The molecule has 1 aliphatic rings. The lowest BCUT2D eigenvalue weighted by Gasteiger charge is -2.20. The molecule has 19 heavy (non-hydrogen) atoms. The van der Waals surface area contributed by atoms with Crippen molar-refractivity contribution in [3.63, 3.8) is 0 Å². The zero-order chi connectivity index (χ0) is 14.1. The molecule has 3 N–H and O–H groups in total. The summed E-state index contributed by atoms with van der Waals surface area (Å²) >= 11 is 0. The maximum atomic E-state index is 11.8. The summed E-state index contributed by atoms with van der Waals surface area (Å²) in [6.45, 7) is 4.21. The van der Waals surface area contributed by atoms with Crippen LogP contribution >= 0.6 is 0 Å². The van der Waals surface area contributed by atoms with Gasteiger partial charge in [-0.05, 0) is 25.7 Å². The summed E-state index contributed by atoms with van der Waals surface area (Å²) in [7, 11) is 0. The first kappa shape index (κ1) is 16.0. The van der Waals surface area contributed by atoms with E-state index >= 15 is 0 Å². The number of nitrogens with two attached hydrogens (primary N) is 1. The molecule has 0 radical (unpaired) electrons. The molecular weight excluding hydrogens is 242 g/mol. The molecule has 5 nitrogen and oxygen atoms in total. The predicted octanol–water partition coefficient (Wildman–Crippen LogP) is 1.02. The third-order valence-corrected chi connectivity index (χ3v) is 3.51. The fraction of sp³-hybridized carbons (Fsp3) is 0.857. The Morgan fingerprint density at radius 2 is 2.21 bits per heavy atom. The van der Waals surface area contributed by atoms with Gasteiger partial charge in [-0.15, -0.1) is 0 Å². The SMILES string of the molecule is CCCC(N)C(=O)NCCCN1CCCCCC1=O. The molecule has 1 atom stereocenters. The van der Waals surface area contributed by atoms with Crippen LogP contribution in [0.15, 0.2) is 0 Å². The van der Waals surface area contributed by atoms with E-state index in [1.54, 1.807) is 0 Å². The monoisotopic (exact) mass is 269 g/mol. The summed E-state index contributed by atoms with van der Waals surface area (Å²) in [6, 6.07) is -0.398. The van der Waals surface area contributed by atoms with Gasteiger partial charge < -0.3 is 16.0 Å². The molecule has 1 fully saturated rings. The lowest BCUT2D eigenvalue weighted by atomic mass is 10.1. The van der Waals surface area contributed by atoms with Gasteiger partial charge in [0.25, 0.3) is 0 Å². The third-order valence-electron chi connectivity index (χ3n) is 3.51. The van der Waals surface area contributed by atoms with Crippen LogP contribution in [0.25, 0.3) is 0 Å². The van der Waals surface area contributed by atoms with Crippen LogP contribution in [-0.4, -0.2) is 42.4 Å². The molecule has 5 heteroatoms. The van der Waals surface area contributed by atoms with Crippen molar-refractivity contribution in [2.24, 2.45) is 5.73 Å². The van der Waals surface area contributed by atoms with Gasteiger partial charge >= 0.3 is 0 Å². The van der Waals surface area contributed by atoms with Crippen LogP contribution < -0.4 is 11.1 Å². The van der Waals surface area contributed by atoms with Gasteiger partial charge in [-0.1, -0.05) is 19.8 Å². The number of hydrogen-bond donors (Lipinski definition) is 2. The first-order valence-electron chi connectivity index (χ1n) is 7.46. The highest BCUT2D eigenvalue weighted by molar-refractivity contribution is 5.81. The molecule has 0 saturated carbocycles. The van der Waals surface area contributed by atoms with Crippen LogP contribution in [0.2, 0.25) is 0 Å². The third kappa shape index (κ3) is 6.05. The summed E-state index contributed by atoms with van der Waals surface area (Å²) in [4.78, 5) is 25.3. The Labute approximate surface area is 115 Å². The van der Waals surface area contributed by atoms with Gasteiger partial charge in [0.1, 0.15) is 0 Å². The number of nitrogens with zero attached hydrogens (tertiary/aromatic N) is 1. The van der Waals surface area contributed by atoms with Gasteiger partial charge in [0.2, 0.25) is 11.8 Å². The molecule has 1 saturated heterocycles. The highest BCUT2D eigenvalue weighted by Crippen LogP contribution is 2.11. The fourth-order valence-electron chi connectivity index (χ4n) is 2.33. The molecule has 2 amide bonds. The molecular formula is C14H27N3O2. The highest BCUT2D eigenvalue weighted by atomic mass is 16.2. The van der Waals surface area contributed by atoms with Gasteiger partial charge in [0, 0.05) is 26.1 Å². The number of hydrogen-bond acceptors (Lipinski definition) is 3. The van der Waals surface area contributed by atoms with Crippen molar-refractivity contribution in [2.45, 2.75) is 57.9 Å². The summed E-state index contributed by atoms with van der Waals surface area (Å²) in [5.41, 5.74) is 5.72. The van der Waals surface area contributed by atoms with E-state index in [1.807, 2.05) is 11.8 Å². The molecule has 1 heterocycles. The molecule has 0 aromatic heterocycles. The summed E-state index contributed by atoms with van der Waals surface area (Å²) < 4.78 is 0. The Kier molecular flexibility index (Phi) is 7.48. The second-order valence-electron chi connectivity index (χ2n) is 5.23. The minimum atomic E-state index is -0.398. The van der Waals surface area contributed by atoms with E-state index in [2.05, 4.69) is 5.32 Å². The van der Waals surface area contributed by atoms with Crippen LogP contribution in [0.1, 0.15) is 51.9 Å². The van der Waals surface area contributed by atoms with Gasteiger partial charge in [0.05, 0.1) is 6.04 Å². The summed E-state index contributed by atoms with van der Waals surface area (Å²) in [6.07, 6.45) is 6.36. The quantitative estimate of drug-likeness (QED) is 0.678. The minimum Gasteiger partial charge on any atom is -0.355 e. The van der Waals surface area contributed by atoms with E-state index in [1.165, 1.54) is 0 Å². The van der Waals surface area contributed by atoms with Gasteiger partial charge in [-0.25, -0.2) is 0 Å². The number of carbonyl (C=O) groups is 2. The molecule has 0 spiro atoms. The Balaban J connectivity index is 2.15. The number of rotatable bonds is 7. The van der Waals surface area contributed by atoms with Crippen LogP contribution in [0.3, 0.4) is 0 Å². The highest BCUT2D eigenvalue weighted by Gasteiger charge is 2.16. The molecule has 0 aliphatic carbocycles. The topological polar surface area (TPSA) is 75.4 Å². The Morgan fingerprint density at radius 3 is 2.95 bits per heavy atom. The summed E-state index contributed by atoms with van der Waals surface area (Å²) in [5, 5.41) is 2.84. The number of amides is 2. The first-order chi connectivity index (χ1) is 9.15. The molecule has 0 aromatic carbocycles. The fourth-order valence-corrected chi connectivity index (χ4v) is 2.33. The molecule has 110 valence electrons. The number of likely N-dealkylation sites (tertiary alicyclic amines) is 1. The van der Waals surface area contributed by atoms with Crippen LogP contribution in [0.4, 0.5) is 0 Å². The van der Waals surface area contributed by atoms with E-state index in [9.17, 15) is 9.59 Å². The molecule has 0 bridgehead atoms. The minimum absolute atomic E-state index is 0.0796. The van der Waals surface area contributed by atoms with Crippen molar-refractivity contribution in [1.29, 1.82) is 0 Å². The normalized spacial score (nSPS) is 18.0. The van der Waals surface area contributed by atoms with Crippen molar-refractivity contribution >= 4 is 11.8 Å². The molecule has 1 aliphatic heterocycles. The Hall–Kier alpha value is -1.10. The smallest absolute Gasteiger partial charge is 0.236 e. The van der Waals surface area contributed by atoms with Crippen LogP contribution in [0, 0.1) is 0 Å². The maximum absolute atomic E-state index is 11.8. The Morgan fingerprint density at radius 1 is 1.42 bits per heavy atom. The molecule has 1 rings (SSSR count). The predicted molar refractivity (Wildman–Crippen MR) is 75.6 cm³/mol. The van der Waals surface area contributed by atoms with Crippen molar-refractivity contribution in [1.82, 2.24) is 10.2 Å². The first-order valence-corrected chi connectivity index (χ1v) is 7.46. The van der Waals surface area contributed by atoms with Crippen molar-refractivity contribution in [3.8, 4) is 0 Å². The molecule has 0 aromatic rings. The van der Waals surface area contributed by atoms with E-state index in [0.717, 1.165) is 51.6 Å². The van der Waals surface area contributed by atoms with Gasteiger partial charge in [-0.2, -0.15) is 0 Å². The van der Waals surface area contributed by atoms with Gasteiger partial charge in [0.15, 0.2) is 0 Å². The van der Waals surface area contributed by atoms with E-state index in [4.69, 9.17) is 5.73 Å². The van der Waals surface area contributed by atoms with Crippen LogP contribution in [0.5, 0.6) is 0 Å². The zero-order valence-corrected chi connectivity index (χ0v) is 12.0. The van der Waals surface area contributed by atoms with Crippen molar-refractivity contribution < 1.29 is 9.59 Å². The number of nitrogens with one attached hydrogen (secondary N) is 1. The largest absolute Gasteiger partial charge is 0.355 e. The van der Waals surface area contributed by atoms with E-state index in [0.29, 0.717) is 13.0 Å². The average Bonchev–Trinajstić information content (AvgIpc) is 2.59. The Bertz CT molecular complexity index is 294. The maximum Gasteiger partial charge on any atom is 0.236 e. The second-order valence-corrected chi connectivity index (χ2v) is 5.23. The number of carbonyl (C=O) groups excluding carboxylic acids is 2. The average molecular weight is 269 g/mol. The van der Waals surface area contributed by atoms with Gasteiger partial charge in [-0.3, -0.25) is 9.59 Å². The van der Waals surface area contributed by atoms with E-state index in [-0.39, 0.29) is 11.8 Å². The van der Waals surface area contributed by atoms with Crippen molar-refractivity contribution in [3.05, 3.63) is 0 Å².